The van der Waals surface area contributed by atoms with Gasteiger partial charge in [-0.25, -0.2) is 4.39 Å². The van der Waals surface area contributed by atoms with Gasteiger partial charge in [-0.2, -0.15) is 0 Å². The summed E-state index contributed by atoms with van der Waals surface area (Å²) in [5.74, 6) is -1.54. The highest BCUT2D eigenvalue weighted by Gasteiger charge is 2.26. The van der Waals surface area contributed by atoms with E-state index in [-0.39, 0.29) is 27.6 Å². The maximum absolute atomic E-state index is 14.2. The molecule has 0 bridgehead atoms. The Morgan fingerprint density at radius 3 is 2.79 bits per heavy atom. The van der Waals surface area contributed by atoms with E-state index in [1.165, 1.54) is 46.9 Å². The third-order valence-corrected chi connectivity index (χ3v) is 6.10. The van der Waals surface area contributed by atoms with Crippen LogP contribution in [0.1, 0.15) is 42.7 Å². The van der Waals surface area contributed by atoms with Gasteiger partial charge < -0.3 is 4.52 Å². The Kier molecular flexibility index (Phi) is 4.91. The average Bonchev–Trinajstić information content (AvgIpc) is 3.34. The van der Waals surface area contributed by atoms with Crippen LogP contribution in [-0.2, 0) is 12.8 Å². The fourth-order valence-electron chi connectivity index (χ4n) is 3.21. The Hall–Kier alpha value is -2.71. The van der Waals surface area contributed by atoms with Crippen LogP contribution in [0.5, 0.6) is 0 Å². The minimum atomic E-state index is -0.675. The fraction of sp³-hybridized carbons (Fsp3) is 0.211. The highest BCUT2D eigenvalue weighted by atomic mass is 35.5. The Morgan fingerprint density at radius 2 is 2.04 bits per heavy atom. The first-order valence-electron chi connectivity index (χ1n) is 8.58. The highest BCUT2D eigenvalue weighted by molar-refractivity contribution is 7.14. The monoisotopic (exact) mass is 419 g/mol. The van der Waals surface area contributed by atoms with Gasteiger partial charge in [0.15, 0.2) is 0 Å². The molecule has 1 aliphatic rings. The number of halogens is 2. The number of amides is 2. The molecule has 2 aromatic heterocycles. The summed E-state index contributed by atoms with van der Waals surface area (Å²) in [7, 11) is 0. The molecule has 0 unspecified atom stereocenters. The van der Waals surface area contributed by atoms with Crippen molar-refractivity contribution in [3.05, 3.63) is 61.7 Å². The zero-order valence-corrected chi connectivity index (χ0v) is 16.3. The van der Waals surface area contributed by atoms with Crippen molar-refractivity contribution in [3.8, 4) is 11.3 Å². The van der Waals surface area contributed by atoms with E-state index >= 15 is 0 Å². The molecule has 9 heteroatoms. The Balaban J connectivity index is 1.54. The molecule has 28 heavy (non-hydrogen) atoms. The van der Waals surface area contributed by atoms with Gasteiger partial charge in [-0.1, -0.05) is 22.8 Å². The molecule has 144 valence electrons. The second-order valence-corrected chi connectivity index (χ2v) is 7.92. The van der Waals surface area contributed by atoms with Crippen LogP contribution >= 0.6 is 22.9 Å². The number of rotatable bonds is 3. The number of hydrogen-bond donors (Lipinski definition) is 2. The molecular formula is C19H15ClFN3O3S. The van der Waals surface area contributed by atoms with Crippen molar-refractivity contribution in [1.82, 2.24) is 16.0 Å². The molecule has 2 amide bonds. The first-order valence-corrected chi connectivity index (χ1v) is 9.78. The number of fused-ring (bicyclic) bond motifs is 1. The van der Waals surface area contributed by atoms with Crippen LogP contribution in [0, 0.1) is 12.7 Å². The molecule has 3 aromatic rings. The van der Waals surface area contributed by atoms with Crippen LogP contribution < -0.4 is 10.9 Å². The normalized spacial score (nSPS) is 12.7. The molecule has 4 rings (SSSR count). The summed E-state index contributed by atoms with van der Waals surface area (Å²) in [5, 5.41) is 3.87. The van der Waals surface area contributed by atoms with Gasteiger partial charge in [0.05, 0.1) is 15.5 Å². The Bertz CT molecular complexity index is 1050. The summed E-state index contributed by atoms with van der Waals surface area (Å²) in [6.07, 6.45) is 3.05. The van der Waals surface area contributed by atoms with Crippen LogP contribution in [-0.4, -0.2) is 17.0 Å². The van der Waals surface area contributed by atoms with Crippen molar-refractivity contribution in [3.63, 3.8) is 0 Å². The van der Waals surface area contributed by atoms with Gasteiger partial charge in [0.1, 0.15) is 22.8 Å². The van der Waals surface area contributed by atoms with Gasteiger partial charge in [0.2, 0.25) is 0 Å². The lowest BCUT2D eigenvalue weighted by atomic mass is 10.1. The number of aromatic nitrogens is 1. The first kappa shape index (κ1) is 18.6. The lowest BCUT2D eigenvalue weighted by molar-refractivity contribution is 0.0848. The maximum Gasteiger partial charge on any atom is 0.279 e. The van der Waals surface area contributed by atoms with Gasteiger partial charge in [0, 0.05) is 4.88 Å². The topological polar surface area (TPSA) is 84.2 Å². The Labute approximate surface area is 168 Å². The summed E-state index contributed by atoms with van der Waals surface area (Å²) in [6, 6.07) is 6.00. The number of aryl methyl sites for hydroxylation is 3. The second-order valence-electron chi connectivity index (χ2n) is 6.38. The number of carbonyl (C=O) groups is 2. The highest BCUT2D eigenvalue weighted by Crippen LogP contribution is 2.33. The van der Waals surface area contributed by atoms with Gasteiger partial charge in [-0.3, -0.25) is 20.4 Å². The lowest BCUT2D eigenvalue weighted by Gasteiger charge is -2.08. The molecular weight excluding hydrogens is 405 g/mol. The van der Waals surface area contributed by atoms with Crippen LogP contribution in [0.25, 0.3) is 11.3 Å². The molecule has 0 saturated heterocycles. The predicted molar refractivity (Wildman–Crippen MR) is 103 cm³/mol. The maximum atomic E-state index is 14.2. The van der Waals surface area contributed by atoms with E-state index in [1.54, 1.807) is 0 Å². The van der Waals surface area contributed by atoms with Crippen molar-refractivity contribution in [2.24, 2.45) is 0 Å². The van der Waals surface area contributed by atoms with Gasteiger partial charge in [-0.05, 0) is 49.9 Å². The number of nitrogens with one attached hydrogen (secondary N) is 2. The van der Waals surface area contributed by atoms with E-state index in [0.717, 1.165) is 19.3 Å². The number of carbonyl (C=O) groups excluding carboxylic acids is 2. The number of thiophene rings is 1. The van der Waals surface area contributed by atoms with E-state index in [2.05, 4.69) is 16.0 Å². The zero-order valence-electron chi connectivity index (χ0n) is 14.8. The first-order chi connectivity index (χ1) is 13.5. The van der Waals surface area contributed by atoms with E-state index < -0.39 is 17.6 Å². The lowest BCUT2D eigenvalue weighted by Crippen LogP contribution is -2.41. The smallest absolute Gasteiger partial charge is 0.279 e. The van der Waals surface area contributed by atoms with Crippen LogP contribution in [0.15, 0.2) is 28.8 Å². The minimum absolute atomic E-state index is 0.000902. The van der Waals surface area contributed by atoms with E-state index in [1.807, 2.05) is 6.07 Å². The zero-order chi connectivity index (χ0) is 19.8. The summed E-state index contributed by atoms with van der Waals surface area (Å²) in [6.45, 7) is 1.52. The summed E-state index contributed by atoms with van der Waals surface area (Å²) < 4.78 is 19.3. The van der Waals surface area contributed by atoms with Gasteiger partial charge in [0.25, 0.3) is 11.8 Å². The molecule has 6 nitrogen and oxygen atoms in total. The van der Waals surface area contributed by atoms with Crippen molar-refractivity contribution in [2.45, 2.75) is 26.2 Å². The largest absolute Gasteiger partial charge is 0.360 e. The molecule has 1 aromatic carbocycles. The molecule has 1 aliphatic carbocycles. The number of hydrogen-bond acceptors (Lipinski definition) is 5. The van der Waals surface area contributed by atoms with Crippen molar-refractivity contribution >= 4 is 34.8 Å². The third kappa shape index (κ3) is 3.29. The Morgan fingerprint density at radius 1 is 1.25 bits per heavy atom. The standard InChI is InChI=1S/C19H15ClFN3O3S/c1-9-15(17(24-27-9)16-11(20)5-3-6-12(16)21)19(26)23-22-18(25)14-8-10-4-2-7-13(10)28-14/h3,5-6,8H,2,4,7H2,1H3,(H,22,25)(H,23,26). The fourth-order valence-corrected chi connectivity index (χ4v) is 4.61. The summed E-state index contributed by atoms with van der Waals surface area (Å²) in [4.78, 5) is 26.7. The van der Waals surface area contributed by atoms with Crippen LogP contribution in [0.2, 0.25) is 5.02 Å². The van der Waals surface area contributed by atoms with Crippen molar-refractivity contribution in [1.29, 1.82) is 0 Å². The SMILES string of the molecule is Cc1onc(-c2c(F)cccc2Cl)c1C(=O)NNC(=O)c1cc2c(s1)CCC2. The average molecular weight is 420 g/mol. The van der Waals surface area contributed by atoms with Crippen molar-refractivity contribution < 1.29 is 18.5 Å². The predicted octanol–water partition coefficient (Wildman–Crippen LogP) is 4.07. The molecule has 0 atom stereocenters. The second kappa shape index (κ2) is 7.37. The van der Waals surface area contributed by atoms with Gasteiger partial charge in [-0.15, -0.1) is 11.3 Å². The van der Waals surface area contributed by atoms with Crippen molar-refractivity contribution in [2.75, 3.05) is 0 Å². The van der Waals surface area contributed by atoms with E-state index in [0.29, 0.717) is 4.88 Å². The summed E-state index contributed by atoms with van der Waals surface area (Å²) in [5.41, 5.74) is 5.86. The molecule has 0 spiro atoms. The molecule has 0 radical (unpaired) electrons. The summed E-state index contributed by atoms with van der Waals surface area (Å²) >= 11 is 7.50. The van der Waals surface area contributed by atoms with E-state index in [9.17, 15) is 14.0 Å². The number of benzene rings is 1. The molecule has 2 N–H and O–H groups in total. The van der Waals surface area contributed by atoms with Gasteiger partial charge >= 0.3 is 0 Å². The molecule has 0 fully saturated rings. The van der Waals surface area contributed by atoms with E-state index in [4.69, 9.17) is 16.1 Å². The molecule has 0 aliphatic heterocycles. The quantitative estimate of drug-likeness (QED) is 0.627. The van der Waals surface area contributed by atoms with Crippen LogP contribution in [0.3, 0.4) is 0 Å². The molecule has 2 heterocycles. The minimum Gasteiger partial charge on any atom is -0.360 e. The van der Waals surface area contributed by atoms with Crippen LogP contribution in [0.4, 0.5) is 4.39 Å². The molecule has 0 saturated carbocycles. The third-order valence-electron chi connectivity index (χ3n) is 4.55. The number of hydrazine groups is 1. The number of nitrogens with zero attached hydrogens (tertiary/aromatic N) is 1.